The molecule has 0 N–H and O–H groups in total. The second-order valence-electron chi connectivity index (χ2n) is 9.80. The average molecular weight is 383 g/mol. The molecule has 0 saturated heterocycles. The minimum atomic E-state index is 0.0560. The van der Waals surface area contributed by atoms with E-state index in [4.69, 9.17) is 4.74 Å². The average Bonchev–Trinajstić information content (AvgIpc) is 2.60. The summed E-state index contributed by atoms with van der Waals surface area (Å²) < 4.78 is 7.44. The van der Waals surface area contributed by atoms with Gasteiger partial charge in [-0.05, 0) is 30.4 Å². The van der Waals surface area contributed by atoms with Crippen LogP contribution < -0.4 is 4.74 Å². The van der Waals surface area contributed by atoms with Crippen molar-refractivity contribution in [2.45, 2.75) is 59.5 Å². The Morgan fingerprint density at radius 3 is 1.89 bits per heavy atom. The Bertz CT molecular complexity index is 708. The molecule has 28 heavy (non-hydrogen) atoms. The Morgan fingerprint density at radius 2 is 1.36 bits per heavy atom. The molecule has 0 fully saturated rings. The first-order valence-corrected chi connectivity index (χ1v) is 10.7. The standard InChI is InChI=1S/C26H40NO/c1-21(2)17-26(18-22(3)4,20-28-25-16-12-11-13-23(25)5)27(6,7)19-24-14-9-8-10-15-24/h8-16,21-22H,17-20H2,1-7H3/q+1. The van der Waals surface area contributed by atoms with Crippen molar-refractivity contribution in [2.24, 2.45) is 11.8 Å². The molecule has 0 spiro atoms. The van der Waals surface area contributed by atoms with Crippen LogP contribution in [0.25, 0.3) is 0 Å². The molecule has 0 unspecified atom stereocenters. The van der Waals surface area contributed by atoms with Gasteiger partial charge in [0, 0.05) is 18.4 Å². The highest BCUT2D eigenvalue weighted by Crippen LogP contribution is 2.37. The highest BCUT2D eigenvalue weighted by atomic mass is 16.5. The third-order valence-corrected chi connectivity index (χ3v) is 5.87. The van der Waals surface area contributed by atoms with Gasteiger partial charge in [-0.15, -0.1) is 0 Å². The molecule has 0 heterocycles. The molecule has 0 aliphatic carbocycles. The van der Waals surface area contributed by atoms with E-state index in [2.05, 4.69) is 103 Å². The topological polar surface area (TPSA) is 9.23 Å². The minimum Gasteiger partial charge on any atom is -0.487 e. The summed E-state index contributed by atoms with van der Waals surface area (Å²) in [5, 5.41) is 0. The van der Waals surface area contributed by atoms with E-state index in [9.17, 15) is 0 Å². The summed E-state index contributed by atoms with van der Waals surface area (Å²) in [6.07, 6.45) is 2.30. The Balaban J connectivity index is 2.38. The van der Waals surface area contributed by atoms with Crippen LogP contribution in [-0.4, -0.2) is 30.7 Å². The molecule has 2 aromatic rings. The van der Waals surface area contributed by atoms with E-state index >= 15 is 0 Å². The molecule has 2 aromatic carbocycles. The number of hydrogen-bond acceptors (Lipinski definition) is 1. The highest BCUT2D eigenvalue weighted by molar-refractivity contribution is 5.31. The van der Waals surface area contributed by atoms with Crippen LogP contribution in [0, 0.1) is 18.8 Å². The molecule has 0 bridgehead atoms. The zero-order chi connectivity index (χ0) is 20.8. The van der Waals surface area contributed by atoms with Gasteiger partial charge in [0.1, 0.15) is 24.4 Å². The molecule has 154 valence electrons. The lowest BCUT2D eigenvalue weighted by atomic mass is 9.79. The van der Waals surface area contributed by atoms with Gasteiger partial charge in [-0.2, -0.15) is 0 Å². The number of rotatable bonds is 10. The van der Waals surface area contributed by atoms with E-state index in [0.717, 1.165) is 36.2 Å². The number of nitrogens with zero attached hydrogens (tertiary/aromatic N) is 1. The van der Waals surface area contributed by atoms with Crippen molar-refractivity contribution in [1.29, 1.82) is 0 Å². The molecule has 0 atom stereocenters. The van der Waals surface area contributed by atoms with Gasteiger partial charge in [-0.3, -0.25) is 0 Å². The zero-order valence-corrected chi connectivity index (χ0v) is 19.0. The van der Waals surface area contributed by atoms with Gasteiger partial charge >= 0.3 is 0 Å². The Morgan fingerprint density at radius 1 is 0.821 bits per heavy atom. The maximum Gasteiger partial charge on any atom is 0.143 e. The van der Waals surface area contributed by atoms with E-state index in [1.54, 1.807) is 0 Å². The lowest BCUT2D eigenvalue weighted by molar-refractivity contribution is -0.956. The highest BCUT2D eigenvalue weighted by Gasteiger charge is 2.47. The molecule has 0 radical (unpaired) electrons. The van der Waals surface area contributed by atoms with Gasteiger partial charge in [0.2, 0.25) is 0 Å². The quantitative estimate of drug-likeness (QED) is 0.427. The maximum atomic E-state index is 6.51. The third-order valence-electron chi connectivity index (χ3n) is 5.87. The summed E-state index contributed by atoms with van der Waals surface area (Å²) in [4.78, 5) is 0. The zero-order valence-electron chi connectivity index (χ0n) is 19.0. The van der Waals surface area contributed by atoms with Crippen molar-refractivity contribution in [3.05, 3.63) is 65.7 Å². The first-order valence-electron chi connectivity index (χ1n) is 10.7. The first-order chi connectivity index (χ1) is 13.2. The van der Waals surface area contributed by atoms with Gasteiger partial charge in [0.15, 0.2) is 0 Å². The normalized spacial score (nSPS) is 12.6. The molecule has 0 aromatic heterocycles. The van der Waals surface area contributed by atoms with Crippen molar-refractivity contribution in [3.63, 3.8) is 0 Å². The first kappa shape index (κ1) is 22.5. The van der Waals surface area contributed by atoms with Crippen molar-refractivity contribution >= 4 is 0 Å². The maximum absolute atomic E-state index is 6.51. The van der Waals surface area contributed by atoms with Crippen LogP contribution in [0.15, 0.2) is 54.6 Å². The van der Waals surface area contributed by atoms with E-state index in [-0.39, 0.29) is 5.54 Å². The Kier molecular flexibility index (Phi) is 7.71. The number of hydrogen-bond donors (Lipinski definition) is 0. The SMILES string of the molecule is Cc1ccccc1OCC(CC(C)C)(CC(C)C)[N+](C)(C)Cc1ccccc1. The third kappa shape index (κ3) is 5.85. The summed E-state index contributed by atoms with van der Waals surface area (Å²) in [5.74, 6) is 2.25. The fourth-order valence-corrected chi connectivity index (χ4v) is 4.53. The van der Waals surface area contributed by atoms with Crippen LogP contribution in [0.2, 0.25) is 0 Å². The van der Waals surface area contributed by atoms with Crippen LogP contribution in [0.3, 0.4) is 0 Å². The summed E-state index contributed by atoms with van der Waals surface area (Å²) in [6, 6.07) is 19.3. The number of para-hydroxylation sites is 1. The van der Waals surface area contributed by atoms with Gasteiger partial charge in [0.25, 0.3) is 0 Å². The van der Waals surface area contributed by atoms with E-state index in [0.29, 0.717) is 11.8 Å². The van der Waals surface area contributed by atoms with Gasteiger partial charge < -0.3 is 9.22 Å². The van der Waals surface area contributed by atoms with Crippen molar-refractivity contribution in [2.75, 3.05) is 20.7 Å². The Hall–Kier alpha value is -1.80. The molecule has 0 aliphatic heterocycles. The Labute approximate surface area is 173 Å². The number of aryl methyl sites for hydroxylation is 1. The summed E-state index contributed by atoms with van der Waals surface area (Å²) in [6.45, 7) is 13.2. The molecule has 2 nitrogen and oxygen atoms in total. The van der Waals surface area contributed by atoms with Gasteiger partial charge in [-0.25, -0.2) is 0 Å². The molecule has 0 saturated carbocycles. The molecule has 2 heteroatoms. The molecule has 0 aliphatic rings. The number of likely N-dealkylation sites (N-methyl/N-ethyl adjacent to an activating group) is 1. The fourth-order valence-electron chi connectivity index (χ4n) is 4.53. The molecular weight excluding hydrogens is 342 g/mol. The van der Waals surface area contributed by atoms with Crippen LogP contribution in [0.4, 0.5) is 0 Å². The van der Waals surface area contributed by atoms with Gasteiger partial charge in [-0.1, -0.05) is 76.2 Å². The summed E-state index contributed by atoms with van der Waals surface area (Å²) in [7, 11) is 4.78. The van der Waals surface area contributed by atoms with Crippen molar-refractivity contribution in [1.82, 2.24) is 0 Å². The van der Waals surface area contributed by atoms with Crippen molar-refractivity contribution in [3.8, 4) is 5.75 Å². The van der Waals surface area contributed by atoms with E-state index < -0.39 is 0 Å². The molecular formula is C26H40NO+. The van der Waals surface area contributed by atoms with Crippen molar-refractivity contribution < 1.29 is 9.22 Å². The minimum absolute atomic E-state index is 0.0560. The molecule has 0 amide bonds. The largest absolute Gasteiger partial charge is 0.487 e. The van der Waals surface area contributed by atoms with E-state index in [1.165, 1.54) is 11.1 Å². The fraction of sp³-hybridized carbons (Fsp3) is 0.538. The lowest BCUT2D eigenvalue weighted by Gasteiger charge is -2.50. The predicted octanol–water partition coefficient (Wildman–Crippen LogP) is 6.48. The number of quaternary nitrogens is 1. The smallest absolute Gasteiger partial charge is 0.143 e. The van der Waals surface area contributed by atoms with Gasteiger partial charge in [0.05, 0.1) is 14.1 Å². The predicted molar refractivity (Wildman–Crippen MR) is 121 cm³/mol. The lowest BCUT2D eigenvalue weighted by Crippen LogP contribution is -2.63. The van der Waals surface area contributed by atoms with Crippen LogP contribution >= 0.6 is 0 Å². The van der Waals surface area contributed by atoms with Crippen LogP contribution in [-0.2, 0) is 6.54 Å². The summed E-state index contributed by atoms with van der Waals surface area (Å²) >= 11 is 0. The second-order valence-corrected chi connectivity index (χ2v) is 9.80. The number of benzene rings is 2. The molecule has 2 rings (SSSR count). The monoisotopic (exact) mass is 382 g/mol. The van der Waals surface area contributed by atoms with E-state index in [1.807, 2.05) is 0 Å². The number of ether oxygens (including phenoxy) is 1. The summed E-state index contributed by atoms with van der Waals surface area (Å²) in [5.41, 5.74) is 2.65. The van der Waals surface area contributed by atoms with Crippen LogP contribution in [0.1, 0.15) is 51.7 Å². The van der Waals surface area contributed by atoms with Crippen LogP contribution in [0.5, 0.6) is 5.75 Å². The second kappa shape index (κ2) is 9.60.